The van der Waals surface area contributed by atoms with E-state index >= 15 is 0 Å². The molecule has 0 aliphatic rings. The molecule has 0 atom stereocenters. The summed E-state index contributed by atoms with van der Waals surface area (Å²) in [6, 6.07) is 9.82. The van der Waals surface area contributed by atoms with Crippen LogP contribution in [0.4, 0.5) is 0 Å². The summed E-state index contributed by atoms with van der Waals surface area (Å²) >= 11 is 0. The van der Waals surface area contributed by atoms with Crippen molar-refractivity contribution in [1.29, 1.82) is 0 Å². The predicted octanol–water partition coefficient (Wildman–Crippen LogP) is 1.53. The highest BCUT2D eigenvalue weighted by atomic mass is 15.1. The van der Waals surface area contributed by atoms with Crippen LogP contribution in [0.3, 0.4) is 0 Å². The number of pyridine rings is 1. The predicted molar refractivity (Wildman–Crippen MR) is 53.5 cm³/mol. The molecule has 0 amide bonds. The van der Waals surface area contributed by atoms with Crippen molar-refractivity contribution in [2.45, 2.75) is 0 Å². The molecular formula is C10H9N3. The Morgan fingerprint density at radius 2 is 2.08 bits per heavy atom. The molecule has 13 heavy (non-hydrogen) atoms. The van der Waals surface area contributed by atoms with Crippen LogP contribution in [-0.2, 0) is 0 Å². The van der Waals surface area contributed by atoms with Crippen LogP contribution in [0.5, 0.6) is 0 Å². The Balaban J connectivity index is 2.75. The SMILES string of the molecule is N/N=C\c1cccc2cccnc12. The second-order valence-electron chi connectivity index (χ2n) is 2.70. The van der Waals surface area contributed by atoms with Crippen molar-refractivity contribution in [3.63, 3.8) is 0 Å². The standard InChI is InChI=1S/C10H9N3/c11-13-7-9-4-1-3-8-5-2-6-12-10(8)9/h1-7H,11H2/b13-7-. The molecule has 0 spiro atoms. The van der Waals surface area contributed by atoms with Crippen LogP contribution in [0, 0.1) is 0 Å². The van der Waals surface area contributed by atoms with Gasteiger partial charge >= 0.3 is 0 Å². The Hall–Kier alpha value is -1.90. The van der Waals surface area contributed by atoms with Crippen LogP contribution in [0.25, 0.3) is 10.9 Å². The summed E-state index contributed by atoms with van der Waals surface area (Å²) in [6.07, 6.45) is 3.37. The van der Waals surface area contributed by atoms with Crippen LogP contribution in [0.1, 0.15) is 5.56 Å². The zero-order valence-corrected chi connectivity index (χ0v) is 7.01. The molecular weight excluding hydrogens is 162 g/mol. The average molecular weight is 171 g/mol. The number of hydrazone groups is 1. The topological polar surface area (TPSA) is 51.3 Å². The lowest BCUT2D eigenvalue weighted by Crippen LogP contribution is -1.89. The maximum Gasteiger partial charge on any atom is 0.0790 e. The number of fused-ring (bicyclic) bond motifs is 1. The zero-order chi connectivity index (χ0) is 9.10. The Morgan fingerprint density at radius 3 is 2.92 bits per heavy atom. The highest BCUT2D eigenvalue weighted by molar-refractivity contribution is 5.97. The van der Waals surface area contributed by atoms with Crippen molar-refractivity contribution in [3.05, 3.63) is 42.1 Å². The van der Waals surface area contributed by atoms with Gasteiger partial charge in [0.05, 0.1) is 11.7 Å². The van der Waals surface area contributed by atoms with Crippen LogP contribution in [-0.4, -0.2) is 11.2 Å². The first-order chi connectivity index (χ1) is 6.42. The molecule has 1 aromatic carbocycles. The Bertz CT molecular complexity index is 443. The monoisotopic (exact) mass is 171 g/mol. The van der Waals surface area contributed by atoms with Gasteiger partial charge in [0.15, 0.2) is 0 Å². The van der Waals surface area contributed by atoms with Crippen molar-refractivity contribution in [2.75, 3.05) is 0 Å². The van der Waals surface area contributed by atoms with Crippen molar-refractivity contribution in [3.8, 4) is 0 Å². The van der Waals surface area contributed by atoms with Crippen molar-refractivity contribution in [1.82, 2.24) is 4.98 Å². The van der Waals surface area contributed by atoms with Crippen LogP contribution >= 0.6 is 0 Å². The van der Waals surface area contributed by atoms with Gasteiger partial charge in [0.1, 0.15) is 0 Å². The van der Waals surface area contributed by atoms with E-state index in [1.54, 1.807) is 12.4 Å². The quantitative estimate of drug-likeness (QED) is 0.402. The first-order valence-corrected chi connectivity index (χ1v) is 3.99. The van der Waals surface area contributed by atoms with E-state index in [1.165, 1.54) is 0 Å². The van der Waals surface area contributed by atoms with Crippen molar-refractivity contribution in [2.24, 2.45) is 10.9 Å². The summed E-state index contributed by atoms with van der Waals surface area (Å²) in [5.74, 6) is 5.09. The van der Waals surface area contributed by atoms with Crippen molar-refractivity contribution < 1.29 is 0 Å². The summed E-state index contributed by atoms with van der Waals surface area (Å²) in [4.78, 5) is 4.25. The number of para-hydroxylation sites is 1. The molecule has 3 heteroatoms. The Morgan fingerprint density at radius 1 is 1.23 bits per heavy atom. The number of nitrogens with zero attached hydrogens (tertiary/aromatic N) is 2. The van der Waals surface area contributed by atoms with Gasteiger partial charge in [-0.25, -0.2) is 0 Å². The van der Waals surface area contributed by atoms with Crippen LogP contribution in [0.15, 0.2) is 41.6 Å². The second-order valence-corrected chi connectivity index (χ2v) is 2.70. The van der Waals surface area contributed by atoms with Gasteiger partial charge in [-0.05, 0) is 6.07 Å². The van der Waals surface area contributed by atoms with Gasteiger partial charge in [-0.15, -0.1) is 0 Å². The van der Waals surface area contributed by atoms with E-state index in [-0.39, 0.29) is 0 Å². The molecule has 1 aromatic heterocycles. The third-order valence-corrected chi connectivity index (χ3v) is 1.88. The van der Waals surface area contributed by atoms with E-state index in [4.69, 9.17) is 5.84 Å². The average Bonchev–Trinajstić information content (AvgIpc) is 2.19. The smallest absolute Gasteiger partial charge is 0.0790 e. The fourth-order valence-corrected chi connectivity index (χ4v) is 1.31. The lowest BCUT2D eigenvalue weighted by atomic mass is 10.1. The van der Waals surface area contributed by atoms with Gasteiger partial charge in [0, 0.05) is 17.1 Å². The lowest BCUT2D eigenvalue weighted by Gasteiger charge is -1.98. The number of hydrogen-bond acceptors (Lipinski definition) is 3. The van der Waals surface area contributed by atoms with Crippen LogP contribution in [0.2, 0.25) is 0 Å². The molecule has 0 fully saturated rings. The van der Waals surface area contributed by atoms with Crippen LogP contribution < -0.4 is 5.84 Å². The molecule has 2 rings (SSSR count). The Kier molecular flexibility index (Phi) is 1.92. The molecule has 0 saturated heterocycles. The van der Waals surface area contributed by atoms with E-state index in [9.17, 15) is 0 Å². The fraction of sp³-hybridized carbons (Fsp3) is 0. The van der Waals surface area contributed by atoms with Gasteiger partial charge in [0.25, 0.3) is 0 Å². The number of hydrogen-bond donors (Lipinski definition) is 1. The summed E-state index contributed by atoms with van der Waals surface area (Å²) < 4.78 is 0. The molecule has 2 aromatic rings. The van der Waals surface area contributed by atoms with Crippen molar-refractivity contribution >= 4 is 17.1 Å². The first kappa shape index (κ1) is 7.73. The molecule has 0 bridgehead atoms. The van der Waals surface area contributed by atoms with E-state index in [0.29, 0.717) is 0 Å². The third-order valence-electron chi connectivity index (χ3n) is 1.88. The number of nitrogens with two attached hydrogens (primary N) is 1. The minimum Gasteiger partial charge on any atom is -0.323 e. The van der Waals surface area contributed by atoms with Gasteiger partial charge in [0.2, 0.25) is 0 Å². The van der Waals surface area contributed by atoms with Gasteiger partial charge in [-0.2, -0.15) is 5.10 Å². The second kappa shape index (κ2) is 3.23. The highest BCUT2D eigenvalue weighted by Crippen LogP contribution is 2.13. The van der Waals surface area contributed by atoms with Gasteiger partial charge in [-0.1, -0.05) is 24.3 Å². The summed E-state index contributed by atoms with van der Waals surface area (Å²) in [6.45, 7) is 0. The molecule has 0 aliphatic heterocycles. The molecule has 64 valence electrons. The molecule has 0 aliphatic carbocycles. The molecule has 0 radical (unpaired) electrons. The first-order valence-electron chi connectivity index (χ1n) is 3.99. The lowest BCUT2D eigenvalue weighted by molar-refractivity contribution is 1.26. The highest BCUT2D eigenvalue weighted by Gasteiger charge is 1.97. The molecule has 0 unspecified atom stereocenters. The maximum absolute atomic E-state index is 5.09. The summed E-state index contributed by atoms with van der Waals surface area (Å²) in [5.41, 5.74) is 1.87. The Labute approximate surface area is 75.9 Å². The normalized spacial score (nSPS) is 11.1. The maximum atomic E-state index is 5.09. The minimum atomic E-state index is 0.930. The molecule has 1 heterocycles. The molecule has 2 N–H and O–H groups in total. The van der Waals surface area contributed by atoms with E-state index < -0.39 is 0 Å². The summed E-state index contributed by atoms with van der Waals surface area (Å²) in [5, 5.41) is 4.59. The fourth-order valence-electron chi connectivity index (χ4n) is 1.31. The zero-order valence-electron chi connectivity index (χ0n) is 7.01. The van der Waals surface area contributed by atoms with E-state index in [1.807, 2.05) is 30.3 Å². The number of rotatable bonds is 1. The van der Waals surface area contributed by atoms with Gasteiger partial charge < -0.3 is 5.84 Å². The van der Waals surface area contributed by atoms with E-state index in [0.717, 1.165) is 16.5 Å². The van der Waals surface area contributed by atoms with E-state index in [2.05, 4.69) is 10.1 Å². The summed E-state index contributed by atoms with van der Waals surface area (Å²) in [7, 11) is 0. The largest absolute Gasteiger partial charge is 0.323 e. The van der Waals surface area contributed by atoms with Gasteiger partial charge in [-0.3, -0.25) is 4.98 Å². The number of benzene rings is 1. The molecule has 0 saturated carbocycles. The number of aromatic nitrogens is 1. The molecule has 3 nitrogen and oxygen atoms in total. The third kappa shape index (κ3) is 1.36. The minimum absolute atomic E-state index is 0.930.